The Kier molecular flexibility index (Phi) is 8.12. The van der Waals surface area contributed by atoms with Gasteiger partial charge in [0.25, 0.3) is 0 Å². The van der Waals surface area contributed by atoms with Gasteiger partial charge in [0.05, 0.1) is 11.4 Å². The third-order valence-electron chi connectivity index (χ3n) is 11.0. The third-order valence-corrected chi connectivity index (χ3v) is 11.0. The van der Waals surface area contributed by atoms with Crippen molar-refractivity contribution in [3.8, 4) is 11.1 Å². The Labute approximate surface area is 313 Å². The summed E-state index contributed by atoms with van der Waals surface area (Å²) in [6.07, 6.45) is 1.07. The van der Waals surface area contributed by atoms with Gasteiger partial charge in [-0.3, -0.25) is 0 Å². The Balaban J connectivity index is 1.24. The van der Waals surface area contributed by atoms with Gasteiger partial charge in [0, 0.05) is 38.9 Å². The van der Waals surface area contributed by atoms with E-state index in [-0.39, 0.29) is 5.41 Å². The smallest absolute Gasteiger partial charge is 0.0543 e. The van der Waals surface area contributed by atoms with Crippen molar-refractivity contribution in [3.63, 3.8) is 0 Å². The Morgan fingerprint density at radius 1 is 0.453 bits per heavy atom. The molecule has 2 heteroatoms. The molecule has 0 amide bonds. The fourth-order valence-corrected chi connectivity index (χ4v) is 8.54. The molecule has 0 saturated heterocycles. The van der Waals surface area contributed by atoms with Crippen LogP contribution in [0.3, 0.4) is 0 Å². The van der Waals surface area contributed by atoms with Gasteiger partial charge in [0.2, 0.25) is 0 Å². The lowest BCUT2D eigenvalue weighted by atomic mass is 9.81. The van der Waals surface area contributed by atoms with Gasteiger partial charge in [-0.05, 0) is 112 Å². The van der Waals surface area contributed by atoms with Crippen molar-refractivity contribution >= 4 is 55.7 Å². The number of hydrogen-bond donors (Lipinski definition) is 0. The highest BCUT2D eigenvalue weighted by Gasteiger charge is 2.38. The first-order valence-electron chi connectivity index (χ1n) is 18.9. The minimum Gasteiger partial charge on any atom is -0.310 e. The lowest BCUT2D eigenvalue weighted by Gasteiger charge is -2.30. The van der Waals surface area contributed by atoms with E-state index in [1.54, 1.807) is 0 Å². The second kappa shape index (κ2) is 13.1. The summed E-state index contributed by atoms with van der Waals surface area (Å²) in [5, 5.41) is 5.00. The van der Waals surface area contributed by atoms with Gasteiger partial charge in [-0.15, -0.1) is 0 Å². The van der Waals surface area contributed by atoms with Crippen LogP contribution in [0.15, 0.2) is 176 Å². The molecule has 9 rings (SSSR count). The van der Waals surface area contributed by atoms with Crippen molar-refractivity contribution in [2.45, 2.75) is 39.5 Å². The van der Waals surface area contributed by atoms with Crippen LogP contribution in [0.4, 0.5) is 34.1 Å². The molecule has 0 radical (unpaired) electrons. The monoisotopic (exact) mass is 684 g/mol. The van der Waals surface area contributed by atoms with Crippen molar-refractivity contribution < 1.29 is 0 Å². The van der Waals surface area contributed by atoms with Gasteiger partial charge < -0.3 is 9.80 Å². The molecule has 0 atom stereocenters. The van der Waals surface area contributed by atoms with Crippen LogP contribution in [0.2, 0.25) is 0 Å². The third kappa shape index (κ3) is 5.66. The zero-order valence-electron chi connectivity index (χ0n) is 30.9. The van der Waals surface area contributed by atoms with E-state index in [1.807, 2.05) is 0 Å². The van der Waals surface area contributed by atoms with Crippen LogP contribution < -0.4 is 9.80 Å². The van der Waals surface area contributed by atoms with Gasteiger partial charge in [-0.25, -0.2) is 0 Å². The van der Waals surface area contributed by atoms with Gasteiger partial charge >= 0.3 is 0 Å². The van der Waals surface area contributed by atoms with Gasteiger partial charge in [0.1, 0.15) is 0 Å². The number of anilines is 6. The molecule has 0 aromatic heterocycles. The van der Waals surface area contributed by atoms with Gasteiger partial charge in [-0.1, -0.05) is 143 Å². The van der Waals surface area contributed by atoms with Crippen molar-refractivity contribution in [1.82, 2.24) is 0 Å². The molecule has 8 aromatic carbocycles. The molecular weight excluding hydrogens is 641 g/mol. The molecular formula is C51H44N2. The predicted octanol–water partition coefficient (Wildman–Crippen LogP) is 14.4. The Bertz CT molecular complexity index is 2540. The maximum Gasteiger partial charge on any atom is 0.0543 e. The van der Waals surface area contributed by atoms with E-state index in [9.17, 15) is 0 Å². The molecule has 258 valence electrons. The minimum atomic E-state index is -0.246. The SMILES string of the molecule is CC(C)Cc1ccc(N(c2ccc3c(c2)C(C)(C)c2cc(N(c4ccccc4)c4ccccc4)c4ccccc4c2-3)c2cccc3ccccc23)cc1. The van der Waals surface area contributed by atoms with Crippen LogP contribution in [0.5, 0.6) is 0 Å². The lowest BCUT2D eigenvalue weighted by molar-refractivity contribution is 0.647. The summed E-state index contributed by atoms with van der Waals surface area (Å²) in [5.41, 5.74) is 13.5. The number of para-hydroxylation sites is 2. The van der Waals surface area contributed by atoms with E-state index >= 15 is 0 Å². The highest BCUT2D eigenvalue weighted by molar-refractivity contribution is 6.10. The normalized spacial score (nSPS) is 12.9. The molecule has 0 bridgehead atoms. The first-order valence-corrected chi connectivity index (χ1v) is 18.9. The quantitative estimate of drug-likeness (QED) is 0.157. The molecule has 0 N–H and O–H groups in total. The number of hydrogen-bond acceptors (Lipinski definition) is 2. The fourth-order valence-electron chi connectivity index (χ4n) is 8.54. The van der Waals surface area contributed by atoms with Crippen LogP contribution in [0.25, 0.3) is 32.7 Å². The van der Waals surface area contributed by atoms with Crippen LogP contribution in [-0.2, 0) is 11.8 Å². The summed E-state index contributed by atoms with van der Waals surface area (Å²) >= 11 is 0. The summed E-state index contributed by atoms with van der Waals surface area (Å²) < 4.78 is 0. The second-order valence-electron chi connectivity index (χ2n) is 15.3. The average molecular weight is 685 g/mol. The van der Waals surface area contributed by atoms with E-state index in [0.717, 1.165) is 29.2 Å². The first kappa shape index (κ1) is 32.8. The maximum atomic E-state index is 2.47. The van der Waals surface area contributed by atoms with E-state index < -0.39 is 0 Å². The summed E-state index contributed by atoms with van der Waals surface area (Å²) in [6.45, 7) is 9.37. The van der Waals surface area contributed by atoms with Crippen molar-refractivity contribution in [2.24, 2.45) is 5.92 Å². The lowest BCUT2D eigenvalue weighted by Crippen LogP contribution is -2.18. The summed E-state index contributed by atoms with van der Waals surface area (Å²) in [5.74, 6) is 0.611. The van der Waals surface area contributed by atoms with Crippen LogP contribution in [-0.4, -0.2) is 0 Å². The summed E-state index contributed by atoms with van der Waals surface area (Å²) in [4.78, 5) is 4.87. The van der Waals surface area contributed by atoms with E-state index in [1.165, 1.54) is 60.7 Å². The van der Waals surface area contributed by atoms with Crippen LogP contribution >= 0.6 is 0 Å². The van der Waals surface area contributed by atoms with E-state index in [0.29, 0.717) is 5.92 Å². The molecule has 53 heavy (non-hydrogen) atoms. The first-order chi connectivity index (χ1) is 25.9. The molecule has 0 unspecified atom stereocenters. The van der Waals surface area contributed by atoms with Gasteiger partial charge in [0.15, 0.2) is 0 Å². The summed E-state index contributed by atoms with van der Waals surface area (Å²) in [7, 11) is 0. The number of fused-ring (bicyclic) bond motifs is 6. The highest BCUT2D eigenvalue weighted by Crippen LogP contribution is 2.56. The maximum absolute atomic E-state index is 2.47. The molecule has 1 aliphatic rings. The van der Waals surface area contributed by atoms with E-state index in [2.05, 4.69) is 213 Å². The minimum absolute atomic E-state index is 0.246. The number of benzene rings is 8. The average Bonchev–Trinajstić information content (AvgIpc) is 3.42. The standard InChI is InChI=1S/C51H44N2/c1-35(2)32-36-26-28-40(29-27-36)53(48-25-15-17-37-16-11-12-22-42(37)48)41-30-31-45-46(33-41)51(3,4)47-34-49(43-23-13-14-24-44(43)50(45)47)52(38-18-7-5-8-19-38)39-20-9-6-10-21-39/h5-31,33-35H,32H2,1-4H3. The zero-order chi connectivity index (χ0) is 36.1. The van der Waals surface area contributed by atoms with Crippen LogP contribution in [0.1, 0.15) is 44.4 Å². The molecule has 0 aliphatic heterocycles. The van der Waals surface area contributed by atoms with Crippen molar-refractivity contribution in [1.29, 1.82) is 0 Å². The second-order valence-corrected chi connectivity index (χ2v) is 15.3. The number of rotatable bonds is 8. The molecule has 8 aromatic rings. The Hall–Kier alpha value is -6.12. The number of nitrogens with zero attached hydrogens (tertiary/aromatic N) is 2. The molecule has 0 spiro atoms. The fraction of sp³-hybridized carbons (Fsp3) is 0.137. The van der Waals surface area contributed by atoms with E-state index in [4.69, 9.17) is 0 Å². The molecule has 0 heterocycles. The molecule has 0 fully saturated rings. The van der Waals surface area contributed by atoms with Crippen molar-refractivity contribution in [2.75, 3.05) is 9.80 Å². The molecule has 0 saturated carbocycles. The molecule has 2 nitrogen and oxygen atoms in total. The molecule has 1 aliphatic carbocycles. The Morgan fingerprint density at radius 3 is 1.68 bits per heavy atom. The van der Waals surface area contributed by atoms with Crippen LogP contribution in [0, 0.1) is 5.92 Å². The zero-order valence-corrected chi connectivity index (χ0v) is 30.9. The predicted molar refractivity (Wildman–Crippen MR) is 227 cm³/mol. The largest absolute Gasteiger partial charge is 0.310 e. The Morgan fingerprint density at radius 2 is 1.00 bits per heavy atom. The topological polar surface area (TPSA) is 6.48 Å². The highest BCUT2D eigenvalue weighted by atomic mass is 15.1. The summed E-state index contributed by atoms with van der Waals surface area (Å²) in [6, 6.07) is 64.7. The van der Waals surface area contributed by atoms with Crippen molar-refractivity contribution in [3.05, 3.63) is 193 Å². The van der Waals surface area contributed by atoms with Gasteiger partial charge in [-0.2, -0.15) is 0 Å².